The molecule has 2 fully saturated rings. The predicted molar refractivity (Wildman–Crippen MR) is 148 cm³/mol. The third-order valence-corrected chi connectivity index (χ3v) is 7.60. The highest BCUT2D eigenvalue weighted by molar-refractivity contribution is 6.32. The van der Waals surface area contributed by atoms with Gasteiger partial charge in [0.15, 0.2) is 17.3 Å². The fourth-order valence-electron chi connectivity index (χ4n) is 5.01. The van der Waals surface area contributed by atoms with Gasteiger partial charge < -0.3 is 20.6 Å². The average molecular weight is 586 g/mol. The maximum absolute atomic E-state index is 14.4. The van der Waals surface area contributed by atoms with Crippen molar-refractivity contribution in [2.75, 3.05) is 36.4 Å². The number of piperazine rings is 1. The number of hydrogen-bond donors (Lipinski definition) is 3. The summed E-state index contributed by atoms with van der Waals surface area (Å²) in [4.78, 5) is 24.1. The van der Waals surface area contributed by atoms with E-state index in [1.165, 1.54) is 12.3 Å². The van der Waals surface area contributed by atoms with Gasteiger partial charge in [-0.3, -0.25) is 9.78 Å². The summed E-state index contributed by atoms with van der Waals surface area (Å²) in [6.07, 6.45) is -0.465. The number of anilines is 3. The van der Waals surface area contributed by atoms with Crippen molar-refractivity contribution in [3.63, 3.8) is 0 Å². The molecule has 2 aromatic carbocycles. The van der Waals surface area contributed by atoms with Crippen molar-refractivity contribution >= 4 is 45.5 Å². The van der Waals surface area contributed by atoms with E-state index in [1.54, 1.807) is 12.3 Å². The zero-order chi connectivity index (χ0) is 28.9. The first kappa shape index (κ1) is 27.2. The van der Waals surface area contributed by atoms with Crippen molar-refractivity contribution in [2.45, 2.75) is 19.0 Å². The van der Waals surface area contributed by atoms with Crippen molar-refractivity contribution in [1.82, 2.24) is 15.3 Å². The van der Waals surface area contributed by atoms with Gasteiger partial charge in [-0.15, -0.1) is 0 Å². The van der Waals surface area contributed by atoms with Gasteiger partial charge in [0, 0.05) is 43.7 Å². The third kappa shape index (κ3) is 5.39. The second kappa shape index (κ2) is 10.5. The van der Waals surface area contributed by atoms with Crippen LogP contribution in [0, 0.1) is 11.7 Å². The Balaban J connectivity index is 1.51. The zero-order valence-corrected chi connectivity index (χ0v) is 22.3. The number of Topliss-reactive ketones (excluding diaryl/α,β-unsaturated/α-hetero) is 1. The van der Waals surface area contributed by atoms with E-state index in [1.807, 2.05) is 6.07 Å². The first-order valence-electron chi connectivity index (χ1n) is 13.1. The van der Waals surface area contributed by atoms with Crippen LogP contribution in [0.25, 0.3) is 22.0 Å². The molecule has 1 aliphatic heterocycles. The summed E-state index contributed by atoms with van der Waals surface area (Å²) in [6.45, 7) is 3.30. The number of aromatic hydroxyl groups is 1. The standard InChI is InChI=1S/C29H24ClF4N5O2/c30-22-9-16(10-23(31)28(22)41)18-11-19-24(12-21(18)29(32,33)34)36-14-20(27(40)15-1-2-15)26(19)38-17-3-4-25(37-13-17)39-7-5-35-6-8-39/h3-4,9-15,35,41H,1-2,5-8H2,(H,36,38). The maximum Gasteiger partial charge on any atom is 0.417 e. The Morgan fingerprint density at radius 1 is 1.07 bits per heavy atom. The minimum Gasteiger partial charge on any atom is -0.504 e. The van der Waals surface area contributed by atoms with Gasteiger partial charge >= 0.3 is 6.18 Å². The van der Waals surface area contributed by atoms with E-state index >= 15 is 0 Å². The number of nitrogens with zero attached hydrogens (tertiary/aromatic N) is 3. The Morgan fingerprint density at radius 3 is 2.46 bits per heavy atom. The average Bonchev–Trinajstić information content (AvgIpc) is 3.81. The van der Waals surface area contributed by atoms with Crippen LogP contribution in [-0.2, 0) is 6.18 Å². The fraction of sp³-hybridized carbons (Fsp3) is 0.276. The summed E-state index contributed by atoms with van der Waals surface area (Å²) in [6, 6.07) is 7.58. The SMILES string of the molecule is O=C(c1cnc2cc(C(F)(F)F)c(-c3cc(F)c(O)c(Cl)c3)cc2c1Nc1ccc(N2CCNCC2)nc1)C1CC1. The number of carbonyl (C=O) groups is 1. The lowest BCUT2D eigenvalue weighted by Gasteiger charge is -2.28. The number of carbonyl (C=O) groups excluding carboxylic acids is 1. The van der Waals surface area contributed by atoms with E-state index in [0.29, 0.717) is 5.69 Å². The van der Waals surface area contributed by atoms with Crippen LogP contribution in [0.1, 0.15) is 28.8 Å². The Morgan fingerprint density at radius 2 is 1.83 bits per heavy atom. The quantitative estimate of drug-likeness (QED) is 0.174. The lowest BCUT2D eigenvalue weighted by molar-refractivity contribution is -0.137. The zero-order valence-electron chi connectivity index (χ0n) is 21.5. The molecule has 12 heteroatoms. The van der Waals surface area contributed by atoms with Crippen LogP contribution in [0.4, 0.5) is 34.8 Å². The van der Waals surface area contributed by atoms with Gasteiger partial charge in [0.25, 0.3) is 0 Å². The second-order valence-corrected chi connectivity index (χ2v) is 10.6. The molecular weight excluding hydrogens is 562 g/mol. The molecule has 2 aliphatic rings. The number of nitrogens with one attached hydrogen (secondary N) is 2. The number of phenols is 1. The van der Waals surface area contributed by atoms with Crippen molar-refractivity contribution in [2.24, 2.45) is 5.92 Å². The molecule has 3 N–H and O–H groups in total. The summed E-state index contributed by atoms with van der Waals surface area (Å²) < 4.78 is 57.0. The molecule has 0 atom stereocenters. The van der Waals surface area contributed by atoms with Gasteiger partial charge in [-0.2, -0.15) is 13.2 Å². The predicted octanol–water partition coefficient (Wildman–Crippen LogP) is 6.56. The molecular formula is C29H24ClF4N5O2. The number of aromatic nitrogens is 2. The first-order valence-corrected chi connectivity index (χ1v) is 13.4. The monoisotopic (exact) mass is 585 g/mol. The van der Waals surface area contributed by atoms with Crippen LogP contribution in [-0.4, -0.2) is 47.0 Å². The number of hydrogen-bond acceptors (Lipinski definition) is 7. The molecule has 6 rings (SSSR count). The molecule has 3 heterocycles. The maximum atomic E-state index is 14.4. The number of rotatable bonds is 6. The van der Waals surface area contributed by atoms with Crippen molar-refractivity contribution < 1.29 is 27.5 Å². The molecule has 0 spiro atoms. The van der Waals surface area contributed by atoms with Gasteiger partial charge in [0.05, 0.1) is 39.2 Å². The molecule has 41 heavy (non-hydrogen) atoms. The van der Waals surface area contributed by atoms with E-state index in [4.69, 9.17) is 11.6 Å². The summed E-state index contributed by atoms with van der Waals surface area (Å²) in [7, 11) is 0. The number of benzene rings is 2. The molecule has 2 aromatic heterocycles. The minimum atomic E-state index is -4.81. The first-order chi connectivity index (χ1) is 19.6. The highest BCUT2D eigenvalue weighted by Crippen LogP contribution is 2.44. The molecule has 1 aliphatic carbocycles. The Kier molecular flexibility index (Phi) is 6.95. The third-order valence-electron chi connectivity index (χ3n) is 7.31. The van der Waals surface area contributed by atoms with Crippen molar-refractivity contribution in [1.29, 1.82) is 0 Å². The summed E-state index contributed by atoms with van der Waals surface area (Å²) in [5.41, 5.74) is -0.581. The van der Waals surface area contributed by atoms with Crippen LogP contribution in [0.2, 0.25) is 5.02 Å². The number of pyridine rings is 2. The number of ketones is 1. The molecule has 0 bridgehead atoms. The van der Waals surface area contributed by atoms with Gasteiger partial charge in [-0.25, -0.2) is 9.37 Å². The van der Waals surface area contributed by atoms with Crippen LogP contribution < -0.4 is 15.5 Å². The largest absolute Gasteiger partial charge is 0.504 e. The number of alkyl halides is 3. The second-order valence-electron chi connectivity index (χ2n) is 10.2. The lowest BCUT2D eigenvalue weighted by atomic mass is 9.94. The molecule has 7 nitrogen and oxygen atoms in total. The Hall–Kier alpha value is -3.96. The van der Waals surface area contributed by atoms with E-state index < -0.39 is 28.3 Å². The van der Waals surface area contributed by atoms with E-state index in [0.717, 1.165) is 63.0 Å². The van der Waals surface area contributed by atoms with Gasteiger partial charge in [-0.05, 0) is 60.4 Å². The van der Waals surface area contributed by atoms with E-state index in [-0.39, 0.29) is 45.0 Å². The number of phenolic OH excluding ortho intramolecular Hbond substituents is 1. The normalized spacial score (nSPS) is 15.8. The van der Waals surface area contributed by atoms with Gasteiger partial charge in [0.1, 0.15) is 5.82 Å². The lowest BCUT2D eigenvalue weighted by Crippen LogP contribution is -2.43. The summed E-state index contributed by atoms with van der Waals surface area (Å²) in [5, 5.41) is 16.0. The van der Waals surface area contributed by atoms with E-state index in [2.05, 4.69) is 25.5 Å². The summed E-state index contributed by atoms with van der Waals surface area (Å²) in [5.74, 6) is -1.57. The molecule has 0 radical (unpaired) electrons. The molecule has 0 unspecified atom stereocenters. The highest BCUT2D eigenvalue weighted by Gasteiger charge is 2.36. The van der Waals surface area contributed by atoms with Crippen molar-refractivity contribution in [3.05, 3.63) is 70.8 Å². The minimum absolute atomic E-state index is 0.00772. The topological polar surface area (TPSA) is 90.4 Å². The smallest absolute Gasteiger partial charge is 0.417 e. The fourth-order valence-corrected chi connectivity index (χ4v) is 5.21. The Bertz CT molecular complexity index is 1630. The molecule has 4 aromatic rings. The van der Waals surface area contributed by atoms with Crippen LogP contribution >= 0.6 is 11.6 Å². The van der Waals surface area contributed by atoms with Gasteiger partial charge in [0.2, 0.25) is 0 Å². The number of fused-ring (bicyclic) bond motifs is 1. The van der Waals surface area contributed by atoms with Crippen LogP contribution in [0.3, 0.4) is 0 Å². The van der Waals surface area contributed by atoms with Crippen LogP contribution in [0.5, 0.6) is 5.75 Å². The molecule has 1 saturated heterocycles. The van der Waals surface area contributed by atoms with Crippen LogP contribution in [0.15, 0.2) is 48.8 Å². The Labute approximate surface area is 237 Å². The number of halogens is 5. The molecule has 212 valence electrons. The molecule has 1 saturated carbocycles. The van der Waals surface area contributed by atoms with Gasteiger partial charge in [-0.1, -0.05) is 11.6 Å². The van der Waals surface area contributed by atoms with Crippen molar-refractivity contribution in [3.8, 4) is 16.9 Å². The summed E-state index contributed by atoms with van der Waals surface area (Å²) >= 11 is 5.92. The molecule has 0 amide bonds. The highest BCUT2D eigenvalue weighted by atomic mass is 35.5. The van der Waals surface area contributed by atoms with E-state index in [9.17, 15) is 27.5 Å².